The van der Waals surface area contributed by atoms with Crippen molar-refractivity contribution in [3.63, 3.8) is 0 Å². The molecule has 26 heavy (non-hydrogen) atoms. The maximum Gasteiger partial charge on any atom is 0.214 e. The molecule has 0 aliphatic carbocycles. The van der Waals surface area contributed by atoms with Gasteiger partial charge in [0.15, 0.2) is 6.04 Å². The molecular formula is C20H23ClN5+. The molecular weight excluding hydrogens is 346 g/mol. The highest BCUT2D eigenvalue weighted by Gasteiger charge is 2.33. The van der Waals surface area contributed by atoms with E-state index in [1.807, 2.05) is 22.9 Å². The van der Waals surface area contributed by atoms with Gasteiger partial charge in [0.1, 0.15) is 0 Å². The van der Waals surface area contributed by atoms with Crippen LogP contribution in [0.1, 0.15) is 35.8 Å². The van der Waals surface area contributed by atoms with Gasteiger partial charge in [-0.25, -0.2) is 4.68 Å². The molecule has 0 bridgehead atoms. The molecule has 1 fully saturated rings. The number of aromatic nitrogens is 4. The lowest BCUT2D eigenvalue weighted by Gasteiger charge is -2.24. The smallest absolute Gasteiger partial charge is 0.214 e. The molecule has 0 radical (unpaired) electrons. The Balaban J connectivity index is 1.61. The van der Waals surface area contributed by atoms with Crippen molar-refractivity contribution in [1.82, 2.24) is 20.2 Å². The highest BCUT2D eigenvalue weighted by atomic mass is 35.5. The Hall–Kier alpha value is -2.24. The summed E-state index contributed by atoms with van der Waals surface area (Å²) >= 11 is 6.10. The Morgan fingerprint density at radius 2 is 1.73 bits per heavy atom. The maximum atomic E-state index is 6.10. The molecule has 1 aromatic heterocycles. The second kappa shape index (κ2) is 7.98. The number of nitrogens with one attached hydrogen (secondary N) is 1. The predicted molar refractivity (Wildman–Crippen MR) is 101 cm³/mol. The molecule has 4 rings (SSSR count). The number of halogens is 1. The van der Waals surface area contributed by atoms with Crippen LogP contribution >= 0.6 is 11.6 Å². The third-order valence-corrected chi connectivity index (χ3v) is 5.38. The molecule has 0 saturated carbocycles. The van der Waals surface area contributed by atoms with Crippen LogP contribution < -0.4 is 4.90 Å². The molecule has 1 saturated heterocycles. The van der Waals surface area contributed by atoms with Gasteiger partial charge in [-0.15, -0.1) is 5.10 Å². The lowest BCUT2D eigenvalue weighted by molar-refractivity contribution is -0.914. The van der Waals surface area contributed by atoms with Gasteiger partial charge in [-0.1, -0.05) is 54.1 Å². The molecule has 5 nitrogen and oxygen atoms in total. The molecule has 0 spiro atoms. The molecule has 1 N–H and O–H groups in total. The van der Waals surface area contributed by atoms with E-state index in [9.17, 15) is 0 Å². The number of likely N-dealkylation sites (tertiary alicyclic amines) is 1. The average Bonchev–Trinajstić information content (AvgIpc) is 3.36. The first-order valence-corrected chi connectivity index (χ1v) is 9.59. The van der Waals surface area contributed by atoms with Crippen molar-refractivity contribution in [3.8, 4) is 0 Å². The van der Waals surface area contributed by atoms with E-state index >= 15 is 0 Å². The fourth-order valence-electron chi connectivity index (χ4n) is 3.80. The van der Waals surface area contributed by atoms with Crippen molar-refractivity contribution >= 4 is 11.6 Å². The van der Waals surface area contributed by atoms with Gasteiger partial charge in [-0.2, -0.15) is 0 Å². The van der Waals surface area contributed by atoms with E-state index in [2.05, 4.69) is 51.9 Å². The molecule has 1 aliphatic rings. The minimum Gasteiger partial charge on any atom is -0.322 e. The minimum absolute atomic E-state index is 0.153. The van der Waals surface area contributed by atoms with Crippen LogP contribution in [0.5, 0.6) is 0 Å². The first kappa shape index (κ1) is 17.2. The molecule has 6 heteroatoms. The summed E-state index contributed by atoms with van der Waals surface area (Å²) in [6.07, 6.45) is 3.43. The van der Waals surface area contributed by atoms with Crippen molar-refractivity contribution in [2.75, 3.05) is 13.1 Å². The first-order chi connectivity index (χ1) is 12.8. The van der Waals surface area contributed by atoms with Crippen molar-refractivity contribution in [1.29, 1.82) is 0 Å². The van der Waals surface area contributed by atoms with Gasteiger partial charge >= 0.3 is 0 Å². The molecule has 3 aromatic rings. The fourth-order valence-corrected chi connectivity index (χ4v) is 3.92. The number of quaternary nitrogens is 1. The summed E-state index contributed by atoms with van der Waals surface area (Å²) in [5.41, 5.74) is 2.52. The first-order valence-electron chi connectivity index (χ1n) is 9.21. The summed E-state index contributed by atoms with van der Waals surface area (Å²) < 4.78 is 1.97. The molecule has 2 aromatic carbocycles. The zero-order valence-corrected chi connectivity index (χ0v) is 15.4. The van der Waals surface area contributed by atoms with Crippen LogP contribution in [0.4, 0.5) is 0 Å². The Morgan fingerprint density at radius 3 is 2.46 bits per heavy atom. The standard InChI is InChI=1S/C20H22ClN5/c21-18-10-8-17(9-11-18)19(25-13-4-5-14-25)20-22-23-24-26(20)15-12-16-6-2-1-3-7-16/h1-3,6-11,19H,4-5,12-15H2/p+1/t19-/m0/s1. The van der Waals surface area contributed by atoms with E-state index in [4.69, 9.17) is 11.6 Å². The van der Waals surface area contributed by atoms with Gasteiger partial charge in [0.2, 0.25) is 5.82 Å². The summed E-state index contributed by atoms with van der Waals surface area (Å²) in [5, 5.41) is 13.5. The maximum absolute atomic E-state index is 6.10. The highest BCUT2D eigenvalue weighted by Crippen LogP contribution is 2.20. The molecule has 0 amide bonds. The van der Waals surface area contributed by atoms with E-state index in [1.54, 1.807) is 0 Å². The Bertz CT molecular complexity index is 825. The van der Waals surface area contributed by atoms with Crippen LogP contribution in [0.25, 0.3) is 0 Å². The van der Waals surface area contributed by atoms with Crippen LogP contribution in [-0.2, 0) is 13.0 Å². The SMILES string of the molecule is Clc1ccc([C@@H](c2nnnn2CCc2ccccc2)[NH+]2CCCC2)cc1. The van der Waals surface area contributed by atoms with Crippen molar-refractivity contribution in [2.24, 2.45) is 0 Å². The minimum atomic E-state index is 0.153. The molecule has 0 unspecified atom stereocenters. The summed E-state index contributed by atoms with van der Waals surface area (Å²) in [6.45, 7) is 3.08. The summed E-state index contributed by atoms with van der Waals surface area (Å²) in [4.78, 5) is 1.53. The molecule has 1 aliphatic heterocycles. The Labute approximate surface area is 158 Å². The van der Waals surface area contributed by atoms with E-state index < -0.39 is 0 Å². The number of tetrazole rings is 1. The largest absolute Gasteiger partial charge is 0.322 e. The average molecular weight is 369 g/mol. The van der Waals surface area contributed by atoms with E-state index in [0.29, 0.717) is 0 Å². The number of rotatable bonds is 6. The lowest BCUT2D eigenvalue weighted by atomic mass is 10.0. The normalized spacial score (nSPS) is 16.0. The van der Waals surface area contributed by atoms with Crippen molar-refractivity contribution in [3.05, 3.63) is 76.6 Å². The molecule has 2 heterocycles. The van der Waals surface area contributed by atoms with Crippen LogP contribution in [-0.4, -0.2) is 33.3 Å². The van der Waals surface area contributed by atoms with Gasteiger partial charge in [-0.05, 0) is 34.5 Å². The van der Waals surface area contributed by atoms with Crippen LogP contribution in [0, 0.1) is 0 Å². The number of hydrogen-bond donors (Lipinski definition) is 1. The topological polar surface area (TPSA) is 48.0 Å². The Kier molecular flexibility index (Phi) is 5.27. The van der Waals surface area contributed by atoms with E-state index in [0.717, 1.165) is 36.9 Å². The molecule has 134 valence electrons. The Morgan fingerprint density at radius 1 is 1.00 bits per heavy atom. The second-order valence-electron chi connectivity index (χ2n) is 6.85. The number of benzene rings is 2. The second-order valence-corrected chi connectivity index (χ2v) is 7.28. The van der Waals surface area contributed by atoms with Crippen LogP contribution in [0.3, 0.4) is 0 Å². The third kappa shape index (κ3) is 3.79. The number of hydrogen-bond acceptors (Lipinski definition) is 3. The fraction of sp³-hybridized carbons (Fsp3) is 0.350. The number of nitrogens with zero attached hydrogens (tertiary/aromatic N) is 4. The van der Waals surface area contributed by atoms with Crippen LogP contribution in [0.2, 0.25) is 5.02 Å². The lowest BCUT2D eigenvalue weighted by Crippen LogP contribution is -3.10. The summed E-state index contributed by atoms with van der Waals surface area (Å²) in [7, 11) is 0. The zero-order valence-electron chi connectivity index (χ0n) is 14.7. The van der Waals surface area contributed by atoms with Crippen molar-refractivity contribution < 1.29 is 4.90 Å². The van der Waals surface area contributed by atoms with Gasteiger partial charge in [-0.3, -0.25) is 0 Å². The monoisotopic (exact) mass is 368 g/mol. The third-order valence-electron chi connectivity index (χ3n) is 5.13. The number of aryl methyl sites for hydroxylation is 2. The van der Waals surface area contributed by atoms with E-state index in [-0.39, 0.29) is 6.04 Å². The predicted octanol–water partition coefficient (Wildman–Crippen LogP) is 2.34. The van der Waals surface area contributed by atoms with Gasteiger partial charge in [0.05, 0.1) is 13.1 Å². The quantitative estimate of drug-likeness (QED) is 0.726. The summed E-state index contributed by atoms with van der Waals surface area (Å²) in [5.74, 6) is 0.945. The van der Waals surface area contributed by atoms with Gasteiger partial charge < -0.3 is 4.90 Å². The molecule has 1 atom stereocenters. The summed E-state index contributed by atoms with van der Waals surface area (Å²) in [6, 6.07) is 18.7. The van der Waals surface area contributed by atoms with Gasteiger partial charge in [0.25, 0.3) is 0 Å². The zero-order chi connectivity index (χ0) is 17.8. The highest BCUT2D eigenvalue weighted by molar-refractivity contribution is 6.30. The van der Waals surface area contributed by atoms with Crippen molar-refractivity contribution in [2.45, 2.75) is 31.8 Å². The van der Waals surface area contributed by atoms with E-state index in [1.165, 1.54) is 28.9 Å². The van der Waals surface area contributed by atoms with Gasteiger partial charge in [0, 0.05) is 30.0 Å². The van der Waals surface area contributed by atoms with Crippen LogP contribution in [0.15, 0.2) is 54.6 Å².